The number of hydrogen-bond acceptors (Lipinski definition) is 3. The summed E-state index contributed by atoms with van der Waals surface area (Å²) in [5, 5.41) is 10.5. The van der Waals surface area contributed by atoms with Crippen LogP contribution < -0.4 is 4.90 Å². The molecule has 5 rings (SSSR count). The molecule has 0 aliphatic carbocycles. The topological polar surface area (TPSA) is 41.3 Å². The van der Waals surface area contributed by atoms with E-state index >= 15 is 0 Å². The number of aromatic hydroxyl groups is 1. The Morgan fingerprint density at radius 1 is 0.759 bits per heavy atom. The molecular weight excluding hydrogens is 412 g/mol. The Balaban J connectivity index is 0.00000205. The minimum Gasteiger partial charge on any atom is -0.507 e. The fraction of sp³-hybridized carbons (Fsp3) is 0.125. The van der Waals surface area contributed by atoms with Gasteiger partial charge >= 0.3 is 0 Å². The number of benzene rings is 3. The Labute approximate surface area is 183 Å². The van der Waals surface area contributed by atoms with Crippen molar-refractivity contribution in [3.05, 3.63) is 96.3 Å². The molecule has 1 aliphatic heterocycles. The van der Waals surface area contributed by atoms with Crippen LogP contribution in [0.2, 0.25) is 0 Å². The van der Waals surface area contributed by atoms with Crippen molar-refractivity contribution in [3.8, 4) is 22.8 Å². The summed E-state index contributed by atoms with van der Waals surface area (Å²) in [7, 11) is 0. The summed E-state index contributed by atoms with van der Waals surface area (Å²) in [5.41, 5.74) is 5.32. The van der Waals surface area contributed by atoms with Crippen molar-refractivity contribution in [3.63, 3.8) is 0 Å². The van der Waals surface area contributed by atoms with Crippen LogP contribution in [-0.2, 0) is 32.4 Å². The first-order valence-electron chi connectivity index (χ1n) is 9.55. The molecule has 1 aromatic heterocycles. The predicted octanol–water partition coefficient (Wildman–Crippen LogP) is 4.81. The molecule has 4 aromatic rings. The van der Waals surface area contributed by atoms with Crippen molar-refractivity contribution >= 4 is 5.69 Å². The molecule has 29 heavy (non-hydrogen) atoms. The van der Waals surface area contributed by atoms with Gasteiger partial charge in [0, 0.05) is 43.8 Å². The van der Waals surface area contributed by atoms with E-state index in [1.54, 1.807) is 6.07 Å². The Hall–Kier alpha value is -2.91. The predicted molar refractivity (Wildman–Crippen MR) is 112 cm³/mol. The number of hydrogen-bond donors (Lipinski definition) is 1. The van der Waals surface area contributed by atoms with Crippen LogP contribution >= 0.6 is 0 Å². The van der Waals surface area contributed by atoms with Crippen molar-refractivity contribution < 1.29 is 24.6 Å². The molecule has 0 fully saturated rings. The fourth-order valence-electron chi connectivity index (χ4n) is 3.92. The van der Waals surface area contributed by atoms with Gasteiger partial charge in [0.2, 0.25) is 0 Å². The van der Waals surface area contributed by atoms with E-state index in [2.05, 4.69) is 45.9 Å². The molecular formula is C24H21N3OZn. The SMILES string of the molecule is Oc1ccccc1-c1nc2c(n1-c1ccccc1)CN(c1ccccc1)CC2.[Zn]. The standard InChI is InChI=1S/C24H21N3O.Zn/c28-23-14-8-7-13-20(23)24-25-21-15-16-26(18-9-3-1-4-10-18)17-22(21)27(24)19-11-5-2-6-12-19;/h1-14,28H,15-17H2;. The van der Waals surface area contributed by atoms with Gasteiger partial charge in [-0.25, -0.2) is 4.98 Å². The maximum absolute atomic E-state index is 10.5. The van der Waals surface area contributed by atoms with Crippen LogP contribution in [0.4, 0.5) is 5.69 Å². The minimum atomic E-state index is 0. The molecule has 0 saturated heterocycles. The quantitative estimate of drug-likeness (QED) is 0.473. The number of aromatic nitrogens is 2. The second-order valence-corrected chi connectivity index (χ2v) is 7.02. The zero-order valence-corrected chi connectivity index (χ0v) is 19.2. The van der Waals surface area contributed by atoms with E-state index in [1.807, 2.05) is 42.5 Å². The molecule has 2 heterocycles. The van der Waals surface area contributed by atoms with Crippen LogP contribution in [-0.4, -0.2) is 21.2 Å². The number of rotatable bonds is 3. The Bertz CT molecular complexity index is 1110. The van der Waals surface area contributed by atoms with Gasteiger partial charge in [-0.3, -0.25) is 4.57 Å². The number of para-hydroxylation sites is 3. The van der Waals surface area contributed by atoms with Crippen LogP contribution in [0.25, 0.3) is 17.1 Å². The van der Waals surface area contributed by atoms with Crippen LogP contribution in [0.15, 0.2) is 84.9 Å². The van der Waals surface area contributed by atoms with E-state index in [0.29, 0.717) is 0 Å². The van der Waals surface area contributed by atoms with E-state index in [-0.39, 0.29) is 25.2 Å². The average molecular weight is 433 g/mol. The molecule has 3 aromatic carbocycles. The zero-order valence-electron chi connectivity index (χ0n) is 16.2. The Morgan fingerprint density at radius 3 is 2.07 bits per heavy atom. The Morgan fingerprint density at radius 2 is 1.38 bits per heavy atom. The van der Waals surface area contributed by atoms with Crippen LogP contribution in [0, 0.1) is 0 Å². The summed E-state index contributed by atoms with van der Waals surface area (Å²) >= 11 is 0. The minimum absolute atomic E-state index is 0. The molecule has 4 nitrogen and oxygen atoms in total. The maximum Gasteiger partial charge on any atom is 0.148 e. The Kier molecular flexibility index (Phi) is 5.50. The van der Waals surface area contributed by atoms with Gasteiger partial charge in [0.25, 0.3) is 0 Å². The number of imidazole rings is 1. The van der Waals surface area contributed by atoms with Gasteiger partial charge < -0.3 is 10.0 Å². The third kappa shape index (κ3) is 3.59. The van der Waals surface area contributed by atoms with E-state index in [4.69, 9.17) is 4.98 Å². The fourth-order valence-corrected chi connectivity index (χ4v) is 3.92. The molecule has 5 heteroatoms. The molecule has 0 spiro atoms. The third-order valence-electron chi connectivity index (χ3n) is 5.30. The van der Waals surface area contributed by atoms with Crippen molar-refractivity contribution in [2.24, 2.45) is 0 Å². The van der Waals surface area contributed by atoms with Crippen LogP contribution in [0.3, 0.4) is 0 Å². The summed E-state index contributed by atoms with van der Waals surface area (Å²) in [6.07, 6.45) is 0.880. The molecule has 140 valence electrons. The summed E-state index contributed by atoms with van der Waals surface area (Å²) in [5.74, 6) is 1.05. The summed E-state index contributed by atoms with van der Waals surface area (Å²) in [6.45, 7) is 1.72. The molecule has 0 atom stereocenters. The van der Waals surface area contributed by atoms with Crippen molar-refractivity contribution in [2.45, 2.75) is 13.0 Å². The van der Waals surface area contributed by atoms with Gasteiger partial charge in [0.05, 0.1) is 23.5 Å². The van der Waals surface area contributed by atoms with Crippen molar-refractivity contribution in [1.82, 2.24) is 9.55 Å². The van der Waals surface area contributed by atoms with Gasteiger partial charge in [-0.05, 0) is 36.4 Å². The number of anilines is 1. The van der Waals surface area contributed by atoms with Gasteiger partial charge in [-0.1, -0.05) is 48.5 Å². The monoisotopic (exact) mass is 431 g/mol. The van der Waals surface area contributed by atoms with Crippen molar-refractivity contribution in [1.29, 1.82) is 0 Å². The number of fused-ring (bicyclic) bond motifs is 1. The van der Waals surface area contributed by atoms with Gasteiger partial charge in [-0.15, -0.1) is 0 Å². The first kappa shape index (κ1) is 19.4. The van der Waals surface area contributed by atoms with E-state index < -0.39 is 0 Å². The molecule has 0 radical (unpaired) electrons. The first-order chi connectivity index (χ1) is 13.8. The number of nitrogens with zero attached hydrogens (tertiary/aromatic N) is 3. The second kappa shape index (κ2) is 8.22. The van der Waals surface area contributed by atoms with E-state index in [1.165, 1.54) is 11.4 Å². The summed E-state index contributed by atoms with van der Waals surface area (Å²) in [4.78, 5) is 7.35. The van der Waals surface area contributed by atoms with Gasteiger partial charge in [0.15, 0.2) is 0 Å². The number of phenols is 1. The second-order valence-electron chi connectivity index (χ2n) is 7.02. The van der Waals surface area contributed by atoms with E-state index in [9.17, 15) is 5.11 Å². The molecule has 0 saturated carbocycles. The number of phenolic OH excluding ortho intramolecular Hbond substituents is 1. The van der Waals surface area contributed by atoms with Crippen LogP contribution in [0.1, 0.15) is 11.4 Å². The van der Waals surface area contributed by atoms with Gasteiger partial charge in [-0.2, -0.15) is 0 Å². The first-order valence-corrected chi connectivity index (χ1v) is 9.55. The third-order valence-corrected chi connectivity index (χ3v) is 5.30. The zero-order chi connectivity index (χ0) is 18.9. The molecule has 1 aliphatic rings. The normalized spacial score (nSPS) is 12.9. The maximum atomic E-state index is 10.5. The largest absolute Gasteiger partial charge is 0.507 e. The molecule has 1 N–H and O–H groups in total. The molecule has 0 amide bonds. The van der Waals surface area contributed by atoms with Crippen molar-refractivity contribution in [2.75, 3.05) is 11.4 Å². The van der Waals surface area contributed by atoms with E-state index in [0.717, 1.165) is 42.3 Å². The average Bonchev–Trinajstić information content (AvgIpc) is 3.14. The smallest absolute Gasteiger partial charge is 0.148 e. The van der Waals surface area contributed by atoms with Crippen LogP contribution in [0.5, 0.6) is 5.75 Å². The van der Waals surface area contributed by atoms with Gasteiger partial charge in [0.1, 0.15) is 11.6 Å². The summed E-state index contributed by atoms with van der Waals surface area (Å²) in [6, 6.07) is 28.2. The molecule has 0 unspecified atom stereocenters. The summed E-state index contributed by atoms with van der Waals surface area (Å²) < 4.78 is 2.19. The molecule has 0 bridgehead atoms.